The molecule has 28 heavy (non-hydrogen) atoms. The zero-order valence-electron chi connectivity index (χ0n) is 16.1. The summed E-state index contributed by atoms with van der Waals surface area (Å²) in [5, 5.41) is 7.60. The van der Waals surface area contributed by atoms with Gasteiger partial charge in [0.15, 0.2) is 0 Å². The van der Waals surface area contributed by atoms with Crippen molar-refractivity contribution in [2.75, 3.05) is 19.6 Å². The average Bonchev–Trinajstić information content (AvgIpc) is 2.95. The van der Waals surface area contributed by atoms with Gasteiger partial charge in [0.1, 0.15) is 0 Å². The van der Waals surface area contributed by atoms with Gasteiger partial charge < -0.3 is 5.32 Å². The molecule has 2 aliphatic heterocycles. The molecule has 7 nitrogen and oxygen atoms in total. The molecule has 2 aliphatic rings. The second-order valence-corrected chi connectivity index (χ2v) is 7.76. The van der Waals surface area contributed by atoms with E-state index >= 15 is 0 Å². The molecule has 4 heterocycles. The average molecular weight is 381 g/mol. The number of rotatable bonds is 4. The fourth-order valence-electron chi connectivity index (χ4n) is 4.22. The van der Waals surface area contributed by atoms with Crippen LogP contribution in [-0.4, -0.2) is 51.2 Å². The molecule has 2 fully saturated rings. The zero-order valence-corrected chi connectivity index (χ0v) is 16.1. The van der Waals surface area contributed by atoms with E-state index in [0.717, 1.165) is 63.0 Å². The molecule has 0 aromatic carbocycles. The molecule has 0 saturated carbocycles. The molecule has 0 bridgehead atoms. The van der Waals surface area contributed by atoms with E-state index in [1.165, 1.54) is 0 Å². The lowest BCUT2D eigenvalue weighted by molar-refractivity contribution is -0.126. The van der Waals surface area contributed by atoms with E-state index in [0.29, 0.717) is 12.5 Å². The summed E-state index contributed by atoms with van der Waals surface area (Å²) < 4.78 is 1.59. The van der Waals surface area contributed by atoms with Crippen LogP contribution in [0.1, 0.15) is 32.1 Å². The number of carbonyl (C=O) groups excluding carboxylic acids is 1. The van der Waals surface area contributed by atoms with Gasteiger partial charge in [0, 0.05) is 37.1 Å². The standard InChI is InChI=1S/C21H27N5O2/c27-20-5-4-18(17-6-11-22-12-7-17)24-26(20)15-16-8-13-25(14-9-16)19-3-1-2-10-23-21(19)28/h4-7,11-12,16,19H,1-3,8-10,13-15H2,(H,23,28). The molecule has 0 radical (unpaired) electrons. The molecule has 0 spiro atoms. The monoisotopic (exact) mass is 381 g/mol. The van der Waals surface area contributed by atoms with E-state index in [2.05, 4.69) is 20.3 Å². The number of hydrogen-bond donors (Lipinski definition) is 1. The fraction of sp³-hybridized carbons (Fsp3) is 0.524. The van der Waals surface area contributed by atoms with Gasteiger partial charge in [0.25, 0.3) is 5.56 Å². The SMILES string of the molecule is O=C1NCCCCC1N1CCC(Cn2nc(-c3ccncc3)ccc2=O)CC1. The zero-order chi connectivity index (χ0) is 19.3. The Hall–Kier alpha value is -2.54. The minimum atomic E-state index is -0.0663. The Bertz CT molecular complexity index is 859. The third kappa shape index (κ3) is 4.30. The molecule has 4 rings (SSSR count). The fourth-order valence-corrected chi connectivity index (χ4v) is 4.22. The van der Waals surface area contributed by atoms with E-state index in [-0.39, 0.29) is 17.5 Å². The maximum absolute atomic E-state index is 12.3. The van der Waals surface area contributed by atoms with Crippen LogP contribution < -0.4 is 10.9 Å². The van der Waals surface area contributed by atoms with Crippen LogP contribution in [0, 0.1) is 5.92 Å². The first-order valence-corrected chi connectivity index (χ1v) is 10.2. The Morgan fingerprint density at radius 2 is 1.79 bits per heavy atom. The van der Waals surface area contributed by atoms with E-state index in [1.54, 1.807) is 29.2 Å². The predicted octanol–water partition coefficient (Wildman–Crippen LogP) is 1.69. The number of nitrogens with one attached hydrogen (secondary N) is 1. The lowest BCUT2D eigenvalue weighted by atomic mass is 9.94. The van der Waals surface area contributed by atoms with Gasteiger partial charge >= 0.3 is 0 Å². The lowest BCUT2D eigenvalue weighted by Crippen LogP contribution is -2.49. The molecular weight excluding hydrogens is 354 g/mol. The van der Waals surface area contributed by atoms with E-state index in [9.17, 15) is 9.59 Å². The van der Waals surface area contributed by atoms with Crippen molar-refractivity contribution in [1.82, 2.24) is 25.0 Å². The highest BCUT2D eigenvalue weighted by Gasteiger charge is 2.30. The maximum Gasteiger partial charge on any atom is 0.266 e. The van der Waals surface area contributed by atoms with Gasteiger partial charge in [-0.1, -0.05) is 0 Å². The molecule has 148 valence electrons. The highest BCUT2D eigenvalue weighted by atomic mass is 16.2. The molecular formula is C21H27N5O2. The molecule has 7 heteroatoms. The Labute approximate surface area is 164 Å². The van der Waals surface area contributed by atoms with Crippen LogP contribution in [0.25, 0.3) is 11.3 Å². The van der Waals surface area contributed by atoms with Crippen LogP contribution in [0.5, 0.6) is 0 Å². The van der Waals surface area contributed by atoms with Crippen molar-refractivity contribution < 1.29 is 4.79 Å². The number of pyridine rings is 1. The quantitative estimate of drug-likeness (QED) is 0.872. The van der Waals surface area contributed by atoms with Gasteiger partial charge in [0.2, 0.25) is 5.91 Å². The van der Waals surface area contributed by atoms with Gasteiger partial charge in [-0.15, -0.1) is 0 Å². The summed E-state index contributed by atoms with van der Waals surface area (Å²) in [6, 6.07) is 7.16. The van der Waals surface area contributed by atoms with Gasteiger partial charge in [0.05, 0.1) is 11.7 Å². The van der Waals surface area contributed by atoms with Crippen molar-refractivity contribution in [3.8, 4) is 11.3 Å². The second-order valence-electron chi connectivity index (χ2n) is 7.76. The second kappa shape index (κ2) is 8.65. The normalized spacial score (nSPS) is 21.9. The Morgan fingerprint density at radius 3 is 2.57 bits per heavy atom. The van der Waals surface area contributed by atoms with Crippen LogP contribution in [0.4, 0.5) is 0 Å². The van der Waals surface area contributed by atoms with Crippen LogP contribution in [-0.2, 0) is 11.3 Å². The van der Waals surface area contributed by atoms with Crippen molar-refractivity contribution in [2.24, 2.45) is 5.92 Å². The molecule has 1 atom stereocenters. The summed E-state index contributed by atoms with van der Waals surface area (Å²) >= 11 is 0. The lowest BCUT2D eigenvalue weighted by Gasteiger charge is -2.36. The number of hydrogen-bond acceptors (Lipinski definition) is 5. The Morgan fingerprint density at radius 1 is 1.00 bits per heavy atom. The third-order valence-electron chi connectivity index (χ3n) is 5.87. The summed E-state index contributed by atoms with van der Waals surface area (Å²) in [4.78, 5) is 30.9. The molecule has 0 aliphatic carbocycles. The van der Waals surface area contributed by atoms with Crippen LogP contribution in [0.3, 0.4) is 0 Å². The Kier molecular flexibility index (Phi) is 5.81. The van der Waals surface area contributed by atoms with Gasteiger partial charge in [-0.2, -0.15) is 5.10 Å². The van der Waals surface area contributed by atoms with Crippen molar-refractivity contribution in [1.29, 1.82) is 0 Å². The molecule has 2 aromatic rings. The molecule has 1 unspecified atom stereocenters. The van der Waals surface area contributed by atoms with Crippen molar-refractivity contribution in [3.05, 3.63) is 47.0 Å². The van der Waals surface area contributed by atoms with Gasteiger partial charge in [-0.25, -0.2) is 4.68 Å². The van der Waals surface area contributed by atoms with Crippen LogP contribution in [0.2, 0.25) is 0 Å². The predicted molar refractivity (Wildman–Crippen MR) is 107 cm³/mol. The molecule has 2 saturated heterocycles. The van der Waals surface area contributed by atoms with Gasteiger partial charge in [-0.3, -0.25) is 19.5 Å². The van der Waals surface area contributed by atoms with E-state index in [1.807, 2.05) is 12.1 Å². The van der Waals surface area contributed by atoms with Crippen molar-refractivity contribution >= 4 is 5.91 Å². The smallest absolute Gasteiger partial charge is 0.266 e. The number of likely N-dealkylation sites (tertiary alicyclic amines) is 1. The maximum atomic E-state index is 12.3. The number of aromatic nitrogens is 3. The first-order chi connectivity index (χ1) is 13.7. The molecule has 1 N–H and O–H groups in total. The largest absolute Gasteiger partial charge is 0.355 e. The number of nitrogens with zero attached hydrogens (tertiary/aromatic N) is 4. The van der Waals surface area contributed by atoms with Crippen LogP contribution in [0.15, 0.2) is 41.5 Å². The number of piperidine rings is 1. The summed E-state index contributed by atoms with van der Waals surface area (Å²) in [7, 11) is 0. The topological polar surface area (TPSA) is 80.1 Å². The van der Waals surface area contributed by atoms with Crippen LogP contribution >= 0.6 is 0 Å². The highest BCUT2D eigenvalue weighted by molar-refractivity contribution is 5.81. The summed E-state index contributed by atoms with van der Waals surface area (Å²) in [5.74, 6) is 0.585. The molecule has 1 amide bonds. The number of carbonyl (C=O) groups is 1. The number of amides is 1. The van der Waals surface area contributed by atoms with Gasteiger partial charge in [-0.05, 0) is 69.3 Å². The molecule has 2 aromatic heterocycles. The summed E-state index contributed by atoms with van der Waals surface area (Å²) in [6.45, 7) is 3.24. The Balaban J connectivity index is 1.40. The van der Waals surface area contributed by atoms with E-state index < -0.39 is 0 Å². The third-order valence-corrected chi connectivity index (χ3v) is 5.87. The minimum absolute atomic E-state index is 0.0133. The first kappa shape index (κ1) is 18.8. The first-order valence-electron chi connectivity index (χ1n) is 10.2. The van der Waals surface area contributed by atoms with E-state index in [4.69, 9.17) is 0 Å². The highest BCUT2D eigenvalue weighted by Crippen LogP contribution is 2.23. The minimum Gasteiger partial charge on any atom is -0.355 e. The van der Waals surface area contributed by atoms with Crippen molar-refractivity contribution in [2.45, 2.75) is 44.7 Å². The summed E-state index contributed by atoms with van der Waals surface area (Å²) in [6.07, 6.45) is 8.55. The van der Waals surface area contributed by atoms with Crippen molar-refractivity contribution in [3.63, 3.8) is 0 Å². The summed E-state index contributed by atoms with van der Waals surface area (Å²) in [5.41, 5.74) is 1.68.